The van der Waals surface area contributed by atoms with Crippen LogP contribution in [0.1, 0.15) is 71.1 Å². The fraction of sp³-hybridized carbons (Fsp3) is 1.00. The first-order chi connectivity index (χ1) is 11.6. The van der Waals surface area contributed by atoms with Crippen LogP contribution in [0.4, 0.5) is 0 Å². The molecule has 144 valence electrons. The first-order valence-corrected chi connectivity index (χ1v) is 9.54. The Balaban J connectivity index is 2.02. The van der Waals surface area contributed by atoms with Crippen LogP contribution in [0.15, 0.2) is 0 Å². The van der Waals surface area contributed by atoms with Crippen molar-refractivity contribution >= 4 is 0 Å². The molecular formula is C18H36O6. The Morgan fingerprint density at radius 3 is 1.83 bits per heavy atom. The minimum absolute atomic E-state index is 0.428. The zero-order valence-electron chi connectivity index (χ0n) is 15.0. The molecule has 0 unspecified atom stereocenters. The number of ether oxygens (including phenoxy) is 2. The van der Waals surface area contributed by atoms with Crippen molar-refractivity contribution in [1.82, 2.24) is 0 Å². The molecule has 0 aromatic heterocycles. The Morgan fingerprint density at radius 1 is 0.750 bits per heavy atom. The zero-order valence-corrected chi connectivity index (χ0v) is 15.0. The van der Waals surface area contributed by atoms with Crippen LogP contribution < -0.4 is 0 Å². The van der Waals surface area contributed by atoms with Crippen molar-refractivity contribution in [3.8, 4) is 0 Å². The van der Waals surface area contributed by atoms with Crippen molar-refractivity contribution in [1.29, 1.82) is 0 Å². The van der Waals surface area contributed by atoms with Crippen LogP contribution in [-0.2, 0) is 9.47 Å². The molecule has 1 aliphatic rings. The Kier molecular flexibility index (Phi) is 11.8. The van der Waals surface area contributed by atoms with Gasteiger partial charge in [-0.25, -0.2) is 0 Å². The van der Waals surface area contributed by atoms with Gasteiger partial charge in [-0.15, -0.1) is 0 Å². The average Bonchev–Trinajstić information content (AvgIpc) is 2.59. The van der Waals surface area contributed by atoms with Crippen LogP contribution in [0.2, 0.25) is 0 Å². The number of rotatable bonds is 13. The topological polar surface area (TPSA) is 99.4 Å². The molecule has 1 aliphatic heterocycles. The summed E-state index contributed by atoms with van der Waals surface area (Å²) in [5.74, 6) is 0. The lowest BCUT2D eigenvalue weighted by atomic mass is 9.99. The van der Waals surface area contributed by atoms with E-state index in [2.05, 4.69) is 6.92 Å². The molecule has 5 atom stereocenters. The summed E-state index contributed by atoms with van der Waals surface area (Å²) in [4.78, 5) is 0. The quantitative estimate of drug-likeness (QED) is 0.378. The van der Waals surface area contributed by atoms with Crippen molar-refractivity contribution in [3.05, 3.63) is 0 Å². The van der Waals surface area contributed by atoms with Crippen LogP contribution in [-0.4, -0.2) is 64.3 Å². The summed E-state index contributed by atoms with van der Waals surface area (Å²) in [6.07, 6.45) is 6.37. The van der Waals surface area contributed by atoms with E-state index in [1.54, 1.807) is 0 Å². The fourth-order valence-electron chi connectivity index (χ4n) is 2.99. The second kappa shape index (κ2) is 13.0. The predicted octanol–water partition coefficient (Wildman–Crippen LogP) is 1.72. The molecule has 0 aromatic carbocycles. The summed E-state index contributed by atoms with van der Waals surface area (Å²) in [6.45, 7) is 2.23. The summed E-state index contributed by atoms with van der Waals surface area (Å²) in [5.41, 5.74) is 0. The highest BCUT2D eigenvalue weighted by Gasteiger charge is 2.43. The third kappa shape index (κ3) is 7.76. The number of hydrogen-bond donors (Lipinski definition) is 4. The van der Waals surface area contributed by atoms with E-state index < -0.39 is 37.3 Å². The van der Waals surface area contributed by atoms with Gasteiger partial charge < -0.3 is 29.9 Å². The number of aliphatic hydroxyl groups excluding tert-OH is 4. The molecule has 0 amide bonds. The second-order valence-corrected chi connectivity index (χ2v) is 6.75. The van der Waals surface area contributed by atoms with Crippen molar-refractivity contribution in [2.24, 2.45) is 0 Å². The van der Waals surface area contributed by atoms with Gasteiger partial charge in [0.25, 0.3) is 0 Å². The molecule has 0 spiro atoms. The summed E-state index contributed by atoms with van der Waals surface area (Å²) in [7, 11) is 0. The monoisotopic (exact) mass is 348 g/mol. The smallest absolute Gasteiger partial charge is 0.186 e. The molecule has 6 heteroatoms. The summed E-state index contributed by atoms with van der Waals surface area (Å²) >= 11 is 0. The summed E-state index contributed by atoms with van der Waals surface area (Å²) in [6, 6.07) is 0. The van der Waals surface area contributed by atoms with Crippen molar-refractivity contribution < 1.29 is 29.9 Å². The van der Waals surface area contributed by atoms with Gasteiger partial charge in [0.05, 0.1) is 6.61 Å². The van der Waals surface area contributed by atoms with Crippen LogP contribution in [0, 0.1) is 0 Å². The van der Waals surface area contributed by atoms with Gasteiger partial charge in [0.1, 0.15) is 24.4 Å². The Bertz CT molecular complexity index is 299. The molecule has 1 heterocycles. The zero-order chi connectivity index (χ0) is 17.8. The van der Waals surface area contributed by atoms with E-state index in [-0.39, 0.29) is 0 Å². The maximum atomic E-state index is 9.84. The van der Waals surface area contributed by atoms with Gasteiger partial charge in [0.15, 0.2) is 6.29 Å². The minimum Gasteiger partial charge on any atom is -0.394 e. The predicted molar refractivity (Wildman–Crippen MR) is 91.6 cm³/mol. The number of aliphatic hydroxyl groups is 4. The van der Waals surface area contributed by atoms with Crippen LogP contribution in [0.3, 0.4) is 0 Å². The maximum absolute atomic E-state index is 9.84. The Labute approximate surface area is 145 Å². The Morgan fingerprint density at radius 2 is 1.29 bits per heavy atom. The van der Waals surface area contributed by atoms with E-state index in [1.807, 2.05) is 0 Å². The molecule has 24 heavy (non-hydrogen) atoms. The van der Waals surface area contributed by atoms with Gasteiger partial charge in [-0.3, -0.25) is 0 Å². The van der Waals surface area contributed by atoms with Crippen LogP contribution in [0.25, 0.3) is 0 Å². The van der Waals surface area contributed by atoms with E-state index in [0.717, 1.165) is 12.8 Å². The van der Waals surface area contributed by atoms with Gasteiger partial charge in [-0.2, -0.15) is 0 Å². The molecule has 0 bridgehead atoms. The van der Waals surface area contributed by atoms with Crippen molar-refractivity contribution in [3.63, 3.8) is 0 Å². The van der Waals surface area contributed by atoms with Gasteiger partial charge >= 0.3 is 0 Å². The standard InChI is InChI=1S/C18H36O6/c1-2-3-4-5-6-7-8-9-10-11-12-23-18-17(22)16(21)15(20)14(13-19)24-18/h14-22H,2-13H2,1H3/t14-,15+,16-,17+,18+/m1/s1. The summed E-state index contributed by atoms with van der Waals surface area (Å²) < 4.78 is 10.8. The molecule has 1 rings (SSSR count). The van der Waals surface area contributed by atoms with Crippen molar-refractivity contribution in [2.75, 3.05) is 13.2 Å². The van der Waals surface area contributed by atoms with Gasteiger partial charge in [0, 0.05) is 6.61 Å². The number of hydrogen-bond acceptors (Lipinski definition) is 6. The minimum atomic E-state index is -1.37. The molecule has 1 saturated heterocycles. The van der Waals surface area contributed by atoms with Crippen LogP contribution >= 0.6 is 0 Å². The largest absolute Gasteiger partial charge is 0.394 e. The van der Waals surface area contributed by atoms with Crippen LogP contribution in [0.5, 0.6) is 0 Å². The SMILES string of the molecule is CCCCCCCCCCCCO[C@H]1O[C@H](CO)[C@H](O)[C@@H](O)[C@@H]1O. The molecule has 4 N–H and O–H groups in total. The van der Waals surface area contributed by atoms with E-state index >= 15 is 0 Å². The molecule has 1 fully saturated rings. The first kappa shape index (κ1) is 21.8. The first-order valence-electron chi connectivity index (χ1n) is 9.54. The summed E-state index contributed by atoms with van der Waals surface area (Å²) in [5, 5.41) is 38.3. The lowest BCUT2D eigenvalue weighted by Crippen LogP contribution is -2.59. The van der Waals surface area contributed by atoms with Gasteiger partial charge in [0.2, 0.25) is 0 Å². The highest BCUT2D eigenvalue weighted by molar-refractivity contribution is 4.88. The molecular weight excluding hydrogens is 312 g/mol. The second-order valence-electron chi connectivity index (χ2n) is 6.75. The van der Waals surface area contributed by atoms with E-state index in [4.69, 9.17) is 14.6 Å². The Hall–Kier alpha value is -0.240. The molecule has 6 nitrogen and oxygen atoms in total. The lowest BCUT2D eigenvalue weighted by Gasteiger charge is -2.39. The lowest BCUT2D eigenvalue weighted by molar-refractivity contribution is -0.301. The number of unbranched alkanes of at least 4 members (excludes halogenated alkanes) is 9. The van der Waals surface area contributed by atoms with Gasteiger partial charge in [-0.1, -0.05) is 64.7 Å². The maximum Gasteiger partial charge on any atom is 0.186 e. The third-order valence-corrected chi connectivity index (χ3v) is 4.63. The average molecular weight is 348 g/mol. The molecule has 0 aromatic rings. The highest BCUT2D eigenvalue weighted by Crippen LogP contribution is 2.22. The normalized spacial score (nSPS) is 30.6. The molecule has 0 radical (unpaired) electrons. The fourth-order valence-corrected chi connectivity index (χ4v) is 2.99. The molecule has 0 aliphatic carbocycles. The van der Waals surface area contributed by atoms with E-state index in [1.165, 1.54) is 51.4 Å². The third-order valence-electron chi connectivity index (χ3n) is 4.63. The van der Waals surface area contributed by atoms with Gasteiger partial charge in [-0.05, 0) is 6.42 Å². The van der Waals surface area contributed by atoms with E-state index in [0.29, 0.717) is 6.61 Å². The van der Waals surface area contributed by atoms with E-state index in [9.17, 15) is 15.3 Å². The van der Waals surface area contributed by atoms with Crippen molar-refractivity contribution in [2.45, 2.75) is 102 Å². The highest BCUT2D eigenvalue weighted by atomic mass is 16.7. The molecule has 0 saturated carbocycles.